The lowest BCUT2D eigenvalue weighted by Crippen LogP contribution is -2.27. The molecule has 4 N–H and O–H groups in total. The van der Waals surface area contributed by atoms with Gasteiger partial charge in [-0.05, 0) is 49.2 Å². The zero-order valence-corrected chi connectivity index (χ0v) is 19.2. The molecular formula is C22H22ClN3O6S. The number of aromatic nitrogens is 1. The summed E-state index contributed by atoms with van der Waals surface area (Å²) in [7, 11) is -3.71. The standard InChI is InChI=1S/C22H22ClN3O6S/c1-2-33(30,31)14-10-16(20(27)17(11-14)26-22(29)19-4-3-7-32-19)25-21(28)18-9-12-8-13(23)5-6-15(12)24-18/h5-6,8-11,19,24,27H,2-4,7H2,1H3,(H,25,28)(H,26,29). The largest absolute Gasteiger partial charge is 0.504 e. The molecule has 1 unspecified atom stereocenters. The zero-order chi connectivity index (χ0) is 23.8. The number of benzene rings is 2. The summed E-state index contributed by atoms with van der Waals surface area (Å²) in [5.41, 5.74) is 0.568. The number of aromatic hydroxyl groups is 1. The second-order valence-electron chi connectivity index (χ2n) is 7.63. The molecule has 0 bridgehead atoms. The highest BCUT2D eigenvalue weighted by molar-refractivity contribution is 7.91. The molecule has 1 atom stereocenters. The quantitative estimate of drug-likeness (QED) is 0.388. The Hall–Kier alpha value is -3.08. The Balaban J connectivity index is 1.68. The second kappa shape index (κ2) is 9.05. The molecule has 2 aromatic carbocycles. The number of aromatic amines is 1. The SMILES string of the molecule is CCS(=O)(=O)c1cc(NC(=O)c2cc3cc(Cl)ccc3[nH]2)c(O)c(NC(=O)C2CCCO2)c1. The molecule has 2 amide bonds. The van der Waals surface area contributed by atoms with Crippen molar-refractivity contribution < 1.29 is 27.9 Å². The fourth-order valence-corrected chi connectivity index (χ4v) is 4.67. The predicted molar refractivity (Wildman–Crippen MR) is 125 cm³/mol. The summed E-state index contributed by atoms with van der Waals surface area (Å²) in [5, 5.41) is 17.0. The number of anilines is 2. The third kappa shape index (κ3) is 4.82. The molecule has 0 spiro atoms. The Labute approximate surface area is 195 Å². The lowest BCUT2D eigenvalue weighted by Gasteiger charge is -2.16. The van der Waals surface area contributed by atoms with Crippen LogP contribution in [0, 0.1) is 0 Å². The molecule has 0 radical (unpaired) electrons. The summed E-state index contributed by atoms with van der Waals surface area (Å²) in [6.45, 7) is 1.92. The summed E-state index contributed by atoms with van der Waals surface area (Å²) >= 11 is 5.99. The number of fused-ring (bicyclic) bond motifs is 1. The molecular weight excluding hydrogens is 470 g/mol. The summed E-state index contributed by atoms with van der Waals surface area (Å²) in [4.78, 5) is 28.1. The minimum Gasteiger partial charge on any atom is -0.504 e. The first-order valence-electron chi connectivity index (χ1n) is 10.3. The van der Waals surface area contributed by atoms with E-state index in [1.54, 1.807) is 24.3 Å². The van der Waals surface area contributed by atoms with Crippen molar-refractivity contribution in [2.75, 3.05) is 23.0 Å². The highest BCUT2D eigenvalue weighted by atomic mass is 35.5. The van der Waals surface area contributed by atoms with E-state index in [9.17, 15) is 23.1 Å². The Morgan fingerprint density at radius 1 is 1.18 bits per heavy atom. The van der Waals surface area contributed by atoms with E-state index in [0.717, 1.165) is 12.5 Å². The van der Waals surface area contributed by atoms with E-state index in [1.807, 2.05) is 0 Å². The Morgan fingerprint density at radius 2 is 1.91 bits per heavy atom. The van der Waals surface area contributed by atoms with Gasteiger partial charge in [-0.3, -0.25) is 9.59 Å². The smallest absolute Gasteiger partial charge is 0.272 e. The van der Waals surface area contributed by atoms with Gasteiger partial charge in [-0.2, -0.15) is 0 Å². The number of ether oxygens (including phenoxy) is 1. The van der Waals surface area contributed by atoms with Crippen molar-refractivity contribution in [1.82, 2.24) is 4.98 Å². The Bertz CT molecular complexity index is 1350. The van der Waals surface area contributed by atoms with Crippen LogP contribution in [-0.2, 0) is 19.4 Å². The fraction of sp³-hybridized carbons (Fsp3) is 0.273. The van der Waals surface area contributed by atoms with Crippen molar-refractivity contribution in [3.8, 4) is 5.75 Å². The number of sulfone groups is 1. The van der Waals surface area contributed by atoms with Gasteiger partial charge in [0.1, 0.15) is 11.8 Å². The average molecular weight is 492 g/mol. The van der Waals surface area contributed by atoms with Gasteiger partial charge < -0.3 is 25.5 Å². The lowest BCUT2D eigenvalue weighted by atomic mass is 10.2. The zero-order valence-electron chi connectivity index (χ0n) is 17.6. The van der Waals surface area contributed by atoms with Crippen LogP contribution in [0.15, 0.2) is 41.3 Å². The van der Waals surface area contributed by atoms with Gasteiger partial charge in [0.2, 0.25) is 0 Å². The van der Waals surface area contributed by atoms with E-state index in [2.05, 4.69) is 15.6 Å². The van der Waals surface area contributed by atoms with Crippen molar-refractivity contribution in [2.24, 2.45) is 0 Å². The first-order chi connectivity index (χ1) is 15.7. The van der Waals surface area contributed by atoms with Gasteiger partial charge >= 0.3 is 0 Å². The predicted octanol–water partition coefficient (Wildman–Crippen LogP) is 3.69. The Morgan fingerprint density at radius 3 is 2.58 bits per heavy atom. The van der Waals surface area contributed by atoms with Crippen LogP contribution in [0.5, 0.6) is 5.75 Å². The van der Waals surface area contributed by atoms with Crippen molar-refractivity contribution in [3.63, 3.8) is 0 Å². The second-order valence-corrected chi connectivity index (χ2v) is 10.3. The van der Waals surface area contributed by atoms with Crippen LogP contribution in [0.1, 0.15) is 30.3 Å². The highest BCUT2D eigenvalue weighted by Crippen LogP contribution is 2.36. The number of halogens is 1. The summed E-state index contributed by atoms with van der Waals surface area (Å²) in [6.07, 6.45) is 0.561. The van der Waals surface area contributed by atoms with Gasteiger partial charge in [0.05, 0.1) is 22.0 Å². The van der Waals surface area contributed by atoms with Gasteiger partial charge in [0, 0.05) is 22.5 Å². The third-order valence-corrected chi connectivity index (χ3v) is 7.33. The number of phenols is 1. The fourth-order valence-electron chi connectivity index (χ4n) is 3.56. The molecule has 11 heteroatoms. The average Bonchev–Trinajstić information content (AvgIpc) is 3.46. The number of hydrogen-bond donors (Lipinski definition) is 4. The van der Waals surface area contributed by atoms with E-state index >= 15 is 0 Å². The van der Waals surface area contributed by atoms with Gasteiger partial charge in [-0.1, -0.05) is 18.5 Å². The van der Waals surface area contributed by atoms with Gasteiger partial charge in [-0.15, -0.1) is 0 Å². The molecule has 174 valence electrons. The van der Waals surface area contributed by atoms with Crippen LogP contribution >= 0.6 is 11.6 Å². The molecule has 1 aromatic heterocycles. The Kier molecular flexibility index (Phi) is 6.33. The molecule has 0 aliphatic carbocycles. The van der Waals surface area contributed by atoms with Crippen molar-refractivity contribution in [1.29, 1.82) is 0 Å². The molecule has 1 aliphatic heterocycles. The molecule has 1 fully saturated rings. The maximum atomic E-state index is 12.9. The van der Waals surface area contributed by atoms with Crippen LogP contribution in [0.3, 0.4) is 0 Å². The van der Waals surface area contributed by atoms with Crippen LogP contribution in [0.2, 0.25) is 5.02 Å². The van der Waals surface area contributed by atoms with Crippen LogP contribution in [0.4, 0.5) is 11.4 Å². The van der Waals surface area contributed by atoms with Crippen LogP contribution in [-0.4, -0.2) is 48.8 Å². The topological polar surface area (TPSA) is 138 Å². The molecule has 3 aromatic rings. The number of rotatable bonds is 6. The third-order valence-electron chi connectivity index (χ3n) is 5.38. The summed E-state index contributed by atoms with van der Waals surface area (Å²) in [6, 6.07) is 9.00. The number of carbonyl (C=O) groups is 2. The molecule has 9 nitrogen and oxygen atoms in total. The summed E-state index contributed by atoms with van der Waals surface area (Å²) < 4.78 is 30.4. The molecule has 1 aliphatic rings. The van der Waals surface area contributed by atoms with E-state index < -0.39 is 33.5 Å². The highest BCUT2D eigenvalue weighted by Gasteiger charge is 2.26. The number of hydrogen-bond acceptors (Lipinski definition) is 6. The van der Waals surface area contributed by atoms with E-state index in [4.69, 9.17) is 16.3 Å². The van der Waals surface area contributed by atoms with Gasteiger partial charge in [0.25, 0.3) is 11.8 Å². The molecule has 4 rings (SSSR count). The monoisotopic (exact) mass is 491 g/mol. The minimum absolute atomic E-state index is 0.135. The van der Waals surface area contributed by atoms with Crippen LogP contribution < -0.4 is 10.6 Å². The van der Waals surface area contributed by atoms with E-state index in [1.165, 1.54) is 13.0 Å². The van der Waals surface area contributed by atoms with Gasteiger partial charge in [-0.25, -0.2) is 8.42 Å². The number of phenolic OH excluding ortho intramolecular Hbond substituents is 1. The lowest BCUT2D eigenvalue weighted by molar-refractivity contribution is -0.124. The number of H-pyrrole nitrogens is 1. The van der Waals surface area contributed by atoms with Crippen LogP contribution in [0.25, 0.3) is 10.9 Å². The first-order valence-corrected chi connectivity index (χ1v) is 12.3. The normalized spacial score (nSPS) is 16.1. The van der Waals surface area contributed by atoms with Crippen molar-refractivity contribution >= 4 is 55.5 Å². The van der Waals surface area contributed by atoms with Gasteiger partial charge in [0.15, 0.2) is 15.6 Å². The number of carbonyl (C=O) groups excluding carboxylic acids is 2. The molecule has 0 saturated carbocycles. The first kappa shape index (κ1) is 23.1. The molecule has 33 heavy (non-hydrogen) atoms. The number of amides is 2. The van der Waals surface area contributed by atoms with E-state index in [0.29, 0.717) is 29.0 Å². The van der Waals surface area contributed by atoms with Crippen molar-refractivity contribution in [2.45, 2.75) is 30.8 Å². The maximum absolute atomic E-state index is 12.9. The minimum atomic E-state index is -3.71. The number of nitrogens with one attached hydrogen (secondary N) is 3. The summed E-state index contributed by atoms with van der Waals surface area (Å²) in [5.74, 6) is -1.78. The molecule has 2 heterocycles. The van der Waals surface area contributed by atoms with E-state index in [-0.39, 0.29) is 27.7 Å². The molecule has 1 saturated heterocycles. The maximum Gasteiger partial charge on any atom is 0.272 e. The van der Waals surface area contributed by atoms with Crippen molar-refractivity contribution in [3.05, 3.63) is 47.1 Å².